The molecule has 17 heavy (non-hydrogen) atoms. The second-order valence-corrected chi connectivity index (χ2v) is 3.90. The van der Waals surface area contributed by atoms with Crippen LogP contribution in [0.3, 0.4) is 0 Å². The van der Waals surface area contributed by atoms with Crippen LogP contribution >= 0.6 is 0 Å². The molecule has 1 heteroatoms. The number of allylic oxidation sites excluding steroid dienone is 1. The minimum Gasteiger partial charge on any atom is -0.295 e. The fourth-order valence-electron chi connectivity index (χ4n) is 1.73. The first kappa shape index (κ1) is 11.3. The third-order valence-corrected chi connectivity index (χ3v) is 2.54. The molecular weight excluding hydrogens is 208 g/mol. The van der Waals surface area contributed by atoms with Crippen LogP contribution in [0.2, 0.25) is 0 Å². The molecule has 0 aliphatic heterocycles. The monoisotopic (exact) mass is 222 g/mol. The summed E-state index contributed by atoms with van der Waals surface area (Å²) in [7, 11) is 0. The molecule has 0 unspecified atom stereocenters. The Labute approximate surface area is 101 Å². The fourth-order valence-corrected chi connectivity index (χ4v) is 1.73. The largest absolute Gasteiger partial charge is 0.295 e. The highest BCUT2D eigenvalue weighted by atomic mass is 16.1. The molecule has 84 valence electrons. The third kappa shape index (κ3) is 2.91. The number of rotatable bonds is 3. The van der Waals surface area contributed by atoms with Gasteiger partial charge in [0.1, 0.15) is 0 Å². The van der Waals surface area contributed by atoms with E-state index in [1.54, 1.807) is 13.0 Å². The molecule has 0 bridgehead atoms. The lowest BCUT2D eigenvalue weighted by molar-refractivity contribution is -0.112. The van der Waals surface area contributed by atoms with Crippen LogP contribution in [0, 0.1) is 0 Å². The summed E-state index contributed by atoms with van der Waals surface area (Å²) in [6.07, 6.45) is 3.46. The smallest absolute Gasteiger partial charge is 0.152 e. The quantitative estimate of drug-likeness (QED) is 0.718. The van der Waals surface area contributed by atoms with Gasteiger partial charge in [-0.15, -0.1) is 0 Å². The number of hydrogen-bond acceptors (Lipinski definition) is 1. The molecule has 0 atom stereocenters. The molecule has 0 aliphatic carbocycles. The summed E-state index contributed by atoms with van der Waals surface area (Å²) < 4.78 is 0. The van der Waals surface area contributed by atoms with Gasteiger partial charge < -0.3 is 0 Å². The Hall–Kier alpha value is -2.15. The minimum atomic E-state index is 0.0628. The van der Waals surface area contributed by atoms with E-state index in [1.165, 1.54) is 0 Å². The van der Waals surface area contributed by atoms with Crippen LogP contribution in [0.15, 0.2) is 60.7 Å². The first-order valence-corrected chi connectivity index (χ1v) is 5.60. The van der Waals surface area contributed by atoms with E-state index < -0.39 is 0 Å². The van der Waals surface area contributed by atoms with Crippen molar-refractivity contribution >= 4 is 11.9 Å². The van der Waals surface area contributed by atoms with Crippen LogP contribution in [0.5, 0.6) is 0 Å². The van der Waals surface area contributed by atoms with Gasteiger partial charge in [-0.25, -0.2) is 0 Å². The summed E-state index contributed by atoms with van der Waals surface area (Å²) in [5.74, 6) is 0.0628. The predicted molar refractivity (Wildman–Crippen MR) is 71.6 cm³/mol. The lowest BCUT2D eigenvalue weighted by Crippen LogP contribution is -1.84. The van der Waals surface area contributed by atoms with E-state index in [4.69, 9.17) is 0 Å². The van der Waals surface area contributed by atoms with Crippen molar-refractivity contribution in [1.29, 1.82) is 0 Å². The molecular formula is C16H14O. The molecule has 0 amide bonds. The van der Waals surface area contributed by atoms with Crippen LogP contribution < -0.4 is 0 Å². The maximum absolute atomic E-state index is 11.0. The summed E-state index contributed by atoms with van der Waals surface area (Å²) in [5, 5.41) is 0. The summed E-state index contributed by atoms with van der Waals surface area (Å²) in [6.45, 7) is 1.56. The van der Waals surface area contributed by atoms with E-state index in [2.05, 4.69) is 18.2 Å². The normalized spacial score (nSPS) is 10.6. The van der Waals surface area contributed by atoms with Gasteiger partial charge in [0.2, 0.25) is 0 Å². The van der Waals surface area contributed by atoms with Crippen LogP contribution in [-0.2, 0) is 4.79 Å². The van der Waals surface area contributed by atoms with Crippen molar-refractivity contribution in [3.05, 3.63) is 66.2 Å². The molecule has 0 saturated heterocycles. The Morgan fingerprint density at radius 3 is 2.29 bits per heavy atom. The molecule has 0 saturated carbocycles. The SMILES string of the molecule is CC(=O)/C=C/c1ccccc1-c1ccccc1. The Morgan fingerprint density at radius 2 is 1.59 bits per heavy atom. The minimum absolute atomic E-state index is 0.0628. The molecule has 0 N–H and O–H groups in total. The zero-order valence-electron chi connectivity index (χ0n) is 9.76. The van der Waals surface area contributed by atoms with Gasteiger partial charge in [-0.05, 0) is 29.7 Å². The fraction of sp³-hybridized carbons (Fsp3) is 0.0625. The number of benzene rings is 2. The van der Waals surface area contributed by atoms with Gasteiger partial charge in [0.15, 0.2) is 5.78 Å². The van der Waals surface area contributed by atoms with Crippen LogP contribution in [0.1, 0.15) is 12.5 Å². The number of ketones is 1. The Kier molecular flexibility index (Phi) is 3.51. The lowest BCUT2D eigenvalue weighted by Gasteiger charge is -2.05. The summed E-state index contributed by atoms with van der Waals surface area (Å²) in [4.78, 5) is 11.0. The van der Waals surface area contributed by atoms with Gasteiger partial charge in [0, 0.05) is 0 Å². The van der Waals surface area contributed by atoms with Crippen molar-refractivity contribution in [2.75, 3.05) is 0 Å². The highest BCUT2D eigenvalue weighted by Crippen LogP contribution is 2.24. The standard InChI is InChI=1S/C16H14O/c1-13(17)11-12-15-9-5-6-10-16(15)14-7-3-2-4-8-14/h2-12H,1H3/b12-11+. The molecule has 0 aliphatic rings. The molecule has 2 aromatic carbocycles. The maximum Gasteiger partial charge on any atom is 0.152 e. The highest BCUT2D eigenvalue weighted by molar-refractivity contribution is 5.92. The second-order valence-electron chi connectivity index (χ2n) is 3.90. The van der Waals surface area contributed by atoms with Crippen molar-refractivity contribution in [3.63, 3.8) is 0 Å². The molecule has 0 spiro atoms. The zero-order chi connectivity index (χ0) is 12.1. The maximum atomic E-state index is 11.0. The summed E-state index contributed by atoms with van der Waals surface area (Å²) in [6, 6.07) is 18.2. The number of carbonyl (C=O) groups is 1. The number of hydrogen-bond donors (Lipinski definition) is 0. The van der Waals surface area contributed by atoms with Crippen LogP contribution in [-0.4, -0.2) is 5.78 Å². The lowest BCUT2D eigenvalue weighted by atomic mass is 9.99. The molecule has 0 radical (unpaired) electrons. The van der Waals surface area contributed by atoms with Gasteiger partial charge >= 0.3 is 0 Å². The average molecular weight is 222 g/mol. The van der Waals surface area contributed by atoms with Crippen molar-refractivity contribution in [2.45, 2.75) is 6.92 Å². The first-order valence-electron chi connectivity index (χ1n) is 5.60. The summed E-state index contributed by atoms with van der Waals surface area (Å²) >= 11 is 0. The predicted octanol–water partition coefficient (Wildman–Crippen LogP) is 3.96. The molecule has 2 aromatic rings. The molecule has 0 aromatic heterocycles. The molecule has 0 fully saturated rings. The molecule has 2 rings (SSSR count). The first-order chi connectivity index (χ1) is 8.27. The van der Waals surface area contributed by atoms with Crippen LogP contribution in [0.4, 0.5) is 0 Å². The van der Waals surface area contributed by atoms with E-state index >= 15 is 0 Å². The Morgan fingerprint density at radius 1 is 0.941 bits per heavy atom. The Balaban J connectivity index is 2.45. The van der Waals surface area contributed by atoms with Crippen molar-refractivity contribution in [2.24, 2.45) is 0 Å². The van der Waals surface area contributed by atoms with Crippen molar-refractivity contribution in [1.82, 2.24) is 0 Å². The summed E-state index contributed by atoms with van der Waals surface area (Å²) in [5.41, 5.74) is 3.37. The van der Waals surface area contributed by atoms with E-state index in [1.807, 2.05) is 42.5 Å². The van der Waals surface area contributed by atoms with E-state index in [0.717, 1.165) is 16.7 Å². The average Bonchev–Trinajstić information content (AvgIpc) is 2.38. The van der Waals surface area contributed by atoms with Gasteiger partial charge in [0.05, 0.1) is 0 Å². The Bertz CT molecular complexity index is 538. The third-order valence-electron chi connectivity index (χ3n) is 2.54. The van der Waals surface area contributed by atoms with Crippen LogP contribution in [0.25, 0.3) is 17.2 Å². The van der Waals surface area contributed by atoms with Gasteiger partial charge in [0.25, 0.3) is 0 Å². The van der Waals surface area contributed by atoms with Gasteiger partial charge in [-0.1, -0.05) is 60.7 Å². The van der Waals surface area contributed by atoms with E-state index in [0.29, 0.717) is 0 Å². The van der Waals surface area contributed by atoms with Crippen molar-refractivity contribution in [3.8, 4) is 11.1 Å². The van der Waals surface area contributed by atoms with E-state index in [9.17, 15) is 4.79 Å². The molecule has 0 heterocycles. The topological polar surface area (TPSA) is 17.1 Å². The number of carbonyl (C=O) groups excluding carboxylic acids is 1. The second kappa shape index (κ2) is 5.26. The molecule has 1 nitrogen and oxygen atoms in total. The van der Waals surface area contributed by atoms with Crippen molar-refractivity contribution < 1.29 is 4.79 Å². The van der Waals surface area contributed by atoms with Gasteiger partial charge in [-0.2, -0.15) is 0 Å². The zero-order valence-corrected chi connectivity index (χ0v) is 9.76. The van der Waals surface area contributed by atoms with Gasteiger partial charge in [-0.3, -0.25) is 4.79 Å². The van der Waals surface area contributed by atoms with E-state index in [-0.39, 0.29) is 5.78 Å². The highest BCUT2D eigenvalue weighted by Gasteiger charge is 2.00.